The van der Waals surface area contributed by atoms with Gasteiger partial charge < -0.3 is 19.3 Å². The molecule has 29 heavy (non-hydrogen) atoms. The van der Waals surface area contributed by atoms with Crippen LogP contribution < -0.4 is 4.74 Å². The van der Waals surface area contributed by atoms with Crippen LogP contribution >= 0.6 is 11.6 Å². The Morgan fingerprint density at radius 3 is 2.48 bits per heavy atom. The van der Waals surface area contributed by atoms with Crippen LogP contribution in [-0.4, -0.2) is 61.6 Å². The van der Waals surface area contributed by atoms with Crippen LogP contribution in [0.25, 0.3) is 0 Å². The lowest BCUT2D eigenvalue weighted by Gasteiger charge is -2.23. The minimum Gasteiger partial charge on any atom is -0.497 e. The molecule has 1 aliphatic heterocycles. The summed E-state index contributed by atoms with van der Waals surface area (Å²) in [4.78, 5) is 29.0. The third-order valence-electron chi connectivity index (χ3n) is 5.04. The van der Waals surface area contributed by atoms with Crippen LogP contribution in [0.15, 0.2) is 48.5 Å². The Morgan fingerprint density at radius 1 is 1.10 bits per heavy atom. The van der Waals surface area contributed by atoms with Gasteiger partial charge in [-0.05, 0) is 29.3 Å². The van der Waals surface area contributed by atoms with E-state index in [0.717, 1.165) is 16.9 Å². The standard InChI is InChI=1S/C22H25ClN2O4/c1-28-18-9-7-16(8-10-18)12-24-13-19(29-2)14-25(15-22(24)27)21(26)11-17-5-3-4-6-20(17)23/h3-10,19H,11-15H2,1-2H3. The van der Waals surface area contributed by atoms with E-state index in [9.17, 15) is 9.59 Å². The highest BCUT2D eigenvalue weighted by molar-refractivity contribution is 6.31. The number of hydrogen-bond acceptors (Lipinski definition) is 4. The fraction of sp³-hybridized carbons (Fsp3) is 0.364. The van der Waals surface area contributed by atoms with Crippen LogP contribution in [0.5, 0.6) is 5.75 Å². The van der Waals surface area contributed by atoms with Crippen molar-refractivity contribution in [3.05, 3.63) is 64.7 Å². The van der Waals surface area contributed by atoms with Gasteiger partial charge in [0.05, 0.1) is 26.2 Å². The molecule has 2 aromatic carbocycles. The molecule has 0 aromatic heterocycles. The lowest BCUT2D eigenvalue weighted by Crippen LogP contribution is -2.40. The molecule has 1 fully saturated rings. The van der Waals surface area contributed by atoms with E-state index < -0.39 is 0 Å². The maximum absolute atomic E-state index is 12.9. The Hall–Kier alpha value is -2.57. The van der Waals surface area contributed by atoms with Gasteiger partial charge in [-0.1, -0.05) is 41.9 Å². The first-order chi connectivity index (χ1) is 14.0. The van der Waals surface area contributed by atoms with E-state index in [2.05, 4.69) is 0 Å². The second-order valence-electron chi connectivity index (χ2n) is 7.02. The summed E-state index contributed by atoms with van der Waals surface area (Å²) in [5.41, 5.74) is 1.74. The number of rotatable bonds is 6. The molecular formula is C22H25ClN2O4. The van der Waals surface area contributed by atoms with Crippen LogP contribution in [0, 0.1) is 0 Å². The SMILES string of the molecule is COc1ccc(CN2CC(OC)CN(C(=O)Cc3ccccc3Cl)CC2=O)cc1. The van der Waals surface area contributed by atoms with Crippen molar-refractivity contribution in [2.24, 2.45) is 0 Å². The van der Waals surface area contributed by atoms with Gasteiger partial charge in [0.25, 0.3) is 0 Å². The maximum Gasteiger partial charge on any atom is 0.242 e. The summed E-state index contributed by atoms with van der Waals surface area (Å²) < 4.78 is 10.7. The summed E-state index contributed by atoms with van der Waals surface area (Å²) in [5.74, 6) is 0.523. The van der Waals surface area contributed by atoms with Crippen molar-refractivity contribution >= 4 is 23.4 Å². The summed E-state index contributed by atoms with van der Waals surface area (Å²) >= 11 is 6.18. The van der Waals surface area contributed by atoms with Gasteiger partial charge in [-0.3, -0.25) is 9.59 Å². The first-order valence-corrected chi connectivity index (χ1v) is 9.82. The van der Waals surface area contributed by atoms with Crippen molar-refractivity contribution < 1.29 is 19.1 Å². The number of ether oxygens (including phenoxy) is 2. The smallest absolute Gasteiger partial charge is 0.242 e. The largest absolute Gasteiger partial charge is 0.497 e. The number of carbonyl (C=O) groups excluding carboxylic acids is 2. The molecule has 1 heterocycles. The molecule has 0 aliphatic carbocycles. The number of halogens is 1. The van der Waals surface area contributed by atoms with Gasteiger partial charge in [-0.15, -0.1) is 0 Å². The highest BCUT2D eigenvalue weighted by Gasteiger charge is 2.30. The van der Waals surface area contributed by atoms with Crippen LogP contribution in [0.1, 0.15) is 11.1 Å². The first-order valence-electron chi connectivity index (χ1n) is 9.45. The fourth-order valence-corrected chi connectivity index (χ4v) is 3.54. The molecule has 0 spiro atoms. The zero-order valence-electron chi connectivity index (χ0n) is 16.6. The number of carbonyl (C=O) groups is 2. The molecule has 0 N–H and O–H groups in total. The number of benzene rings is 2. The van der Waals surface area contributed by atoms with Crippen LogP contribution in [0.3, 0.4) is 0 Å². The molecule has 1 aliphatic rings. The van der Waals surface area contributed by atoms with Crippen molar-refractivity contribution in [3.63, 3.8) is 0 Å². The average Bonchev–Trinajstić information content (AvgIpc) is 2.89. The van der Waals surface area contributed by atoms with Gasteiger partial charge in [-0.2, -0.15) is 0 Å². The lowest BCUT2D eigenvalue weighted by atomic mass is 10.1. The van der Waals surface area contributed by atoms with Gasteiger partial charge in [0.2, 0.25) is 11.8 Å². The van der Waals surface area contributed by atoms with Crippen LogP contribution in [-0.2, 0) is 27.3 Å². The molecule has 2 aromatic rings. The highest BCUT2D eigenvalue weighted by Crippen LogP contribution is 2.19. The van der Waals surface area contributed by atoms with Crippen molar-refractivity contribution in [1.29, 1.82) is 0 Å². The van der Waals surface area contributed by atoms with E-state index in [1.807, 2.05) is 42.5 Å². The Kier molecular flexibility index (Phi) is 7.12. The molecule has 1 atom stereocenters. The lowest BCUT2D eigenvalue weighted by molar-refractivity contribution is -0.138. The summed E-state index contributed by atoms with van der Waals surface area (Å²) in [6.45, 7) is 1.27. The van der Waals surface area contributed by atoms with E-state index in [4.69, 9.17) is 21.1 Å². The molecule has 3 rings (SSSR count). The number of amides is 2. The summed E-state index contributed by atoms with van der Waals surface area (Å²) in [7, 11) is 3.22. The van der Waals surface area contributed by atoms with Crippen LogP contribution in [0.4, 0.5) is 0 Å². The van der Waals surface area contributed by atoms with E-state index >= 15 is 0 Å². The Bertz CT molecular complexity index is 856. The zero-order chi connectivity index (χ0) is 20.8. The first kappa shape index (κ1) is 21.1. The highest BCUT2D eigenvalue weighted by atomic mass is 35.5. The minimum atomic E-state index is -0.255. The summed E-state index contributed by atoms with van der Waals surface area (Å²) in [6, 6.07) is 14.8. The molecular weight excluding hydrogens is 392 g/mol. The van der Waals surface area contributed by atoms with Crippen LogP contribution in [0.2, 0.25) is 5.02 Å². The molecule has 7 heteroatoms. The molecule has 0 radical (unpaired) electrons. The number of hydrogen-bond donors (Lipinski definition) is 0. The Morgan fingerprint density at radius 2 is 1.83 bits per heavy atom. The van der Waals surface area contributed by atoms with Gasteiger partial charge >= 0.3 is 0 Å². The molecule has 154 valence electrons. The topological polar surface area (TPSA) is 59.1 Å². The van der Waals surface area contributed by atoms with E-state index in [1.54, 1.807) is 30.1 Å². The Balaban J connectivity index is 1.70. The summed E-state index contributed by atoms with van der Waals surface area (Å²) in [6.07, 6.45) is -0.100. The third kappa shape index (κ3) is 5.49. The molecule has 1 saturated heterocycles. The summed E-state index contributed by atoms with van der Waals surface area (Å²) in [5, 5.41) is 0.548. The normalized spacial score (nSPS) is 17.2. The van der Waals surface area contributed by atoms with E-state index in [-0.39, 0.29) is 30.9 Å². The Labute approximate surface area is 176 Å². The average molecular weight is 417 g/mol. The van der Waals surface area contributed by atoms with Gasteiger partial charge in [0.15, 0.2) is 0 Å². The van der Waals surface area contributed by atoms with Gasteiger partial charge in [0, 0.05) is 31.8 Å². The maximum atomic E-state index is 12.9. The van der Waals surface area contributed by atoms with Gasteiger partial charge in [-0.25, -0.2) is 0 Å². The predicted molar refractivity (Wildman–Crippen MR) is 111 cm³/mol. The third-order valence-corrected chi connectivity index (χ3v) is 5.41. The predicted octanol–water partition coefficient (Wildman–Crippen LogP) is 2.78. The van der Waals surface area contributed by atoms with E-state index in [1.165, 1.54) is 0 Å². The van der Waals surface area contributed by atoms with Crippen molar-refractivity contribution in [2.45, 2.75) is 19.1 Å². The molecule has 0 saturated carbocycles. The number of nitrogens with zero attached hydrogens (tertiary/aromatic N) is 2. The molecule has 6 nitrogen and oxygen atoms in total. The zero-order valence-corrected chi connectivity index (χ0v) is 17.4. The monoisotopic (exact) mass is 416 g/mol. The molecule has 2 amide bonds. The molecule has 0 bridgehead atoms. The van der Waals surface area contributed by atoms with E-state index in [0.29, 0.717) is 24.7 Å². The second-order valence-corrected chi connectivity index (χ2v) is 7.43. The molecule has 1 unspecified atom stereocenters. The van der Waals surface area contributed by atoms with Crippen molar-refractivity contribution in [1.82, 2.24) is 9.80 Å². The van der Waals surface area contributed by atoms with Crippen molar-refractivity contribution in [3.8, 4) is 5.75 Å². The van der Waals surface area contributed by atoms with Gasteiger partial charge in [0.1, 0.15) is 5.75 Å². The second kappa shape index (κ2) is 9.76. The quantitative estimate of drug-likeness (QED) is 0.726. The number of methoxy groups -OCH3 is 2. The minimum absolute atomic E-state index is 0.0271. The fourth-order valence-electron chi connectivity index (χ4n) is 3.34. The van der Waals surface area contributed by atoms with Crippen molar-refractivity contribution in [2.75, 3.05) is 33.9 Å².